The van der Waals surface area contributed by atoms with Crippen molar-refractivity contribution in [2.75, 3.05) is 6.61 Å². The second-order valence-electron chi connectivity index (χ2n) is 5.80. The Bertz CT molecular complexity index is 880. The van der Waals surface area contributed by atoms with E-state index in [1.165, 1.54) is 0 Å². The van der Waals surface area contributed by atoms with Crippen LogP contribution in [0.15, 0.2) is 83.3 Å². The van der Waals surface area contributed by atoms with E-state index >= 15 is 0 Å². The summed E-state index contributed by atoms with van der Waals surface area (Å²) >= 11 is 3.60. The van der Waals surface area contributed by atoms with Crippen molar-refractivity contribution in [1.29, 1.82) is 0 Å². The Morgan fingerprint density at radius 2 is 1.73 bits per heavy atom. The number of carbonyl (C=O) groups is 1. The van der Waals surface area contributed by atoms with E-state index in [0.29, 0.717) is 17.9 Å². The smallest absolute Gasteiger partial charge is 0.252 e. The van der Waals surface area contributed by atoms with Crippen LogP contribution in [0.4, 0.5) is 0 Å². The van der Waals surface area contributed by atoms with Gasteiger partial charge in [-0.25, -0.2) is 0 Å². The summed E-state index contributed by atoms with van der Waals surface area (Å²) in [6, 6.07) is 24.8. The number of benzene rings is 3. The van der Waals surface area contributed by atoms with Crippen LogP contribution in [0.1, 0.15) is 34.5 Å². The molecule has 1 atom stereocenters. The van der Waals surface area contributed by atoms with E-state index in [1.807, 2.05) is 73.7 Å². The summed E-state index contributed by atoms with van der Waals surface area (Å²) < 4.78 is 6.46. The molecule has 0 heterocycles. The number of ether oxygens (including phenoxy) is 1. The van der Waals surface area contributed by atoms with Crippen LogP contribution in [0.3, 0.4) is 0 Å². The molecule has 4 heteroatoms. The lowest BCUT2D eigenvalue weighted by molar-refractivity contribution is 0.0942. The lowest BCUT2D eigenvalue weighted by Crippen LogP contribution is -2.29. The van der Waals surface area contributed by atoms with Crippen LogP contribution in [0.5, 0.6) is 5.75 Å². The summed E-state index contributed by atoms with van der Waals surface area (Å²) in [4.78, 5) is 12.9. The van der Waals surface area contributed by atoms with Gasteiger partial charge in [0, 0.05) is 10.0 Å². The second kappa shape index (κ2) is 8.68. The third-order valence-corrected chi connectivity index (χ3v) is 4.75. The normalized spacial score (nSPS) is 11.6. The molecule has 0 unspecified atom stereocenters. The first-order valence-corrected chi connectivity index (χ1v) is 9.31. The minimum Gasteiger partial charge on any atom is -0.494 e. The van der Waals surface area contributed by atoms with Gasteiger partial charge in [-0.3, -0.25) is 4.79 Å². The van der Waals surface area contributed by atoms with Gasteiger partial charge in [-0.05, 0) is 42.3 Å². The number of nitrogens with one attached hydrogen (secondary N) is 1. The third kappa shape index (κ3) is 4.33. The van der Waals surface area contributed by atoms with Crippen LogP contribution in [-0.4, -0.2) is 12.5 Å². The SMILES string of the molecule is CCOc1cccc(C(=O)N[C@H](c2ccccc2)c2ccccc2Br)c1. The lowest BCUT2D eigenvalue weighted by Gasteiger charge is -2.21. The molecule has 26 heavy (non-hydrogen) atoms. The number of hydrogen-bond donors (Lipinski definition) is 1. The Labute approximate surface area is 162 Å². The van der Waals surface area contributed by atoms with Crippen molar-refractivity contribution in [2.45, 2.75) is 13.0 Å². The average molecular weight is 410 g/mol. The molecule has 0 fully saturated rings. The first-order chi connectivity index (χ1) is 12.7. The second-order valence-corrected chi connectivity index (χ2v) is 6.65. The molecule has 132 valence electrons. The fraction of sp³-hybridized carbons (Fsp3) is 0.136. The molecule has 0 aromatic heterocycles. The number of amides is 1. The number of carbonyl (C=O) groups excluding carboxylic acids is 1. The van der Waals surface area contributed by atoms with Gasteiger partial charge in [-0.15, -0.1) is 0 Å². The molecule has 1 N–H and O–H groups in total. The van der Waals surface area contributed by atoms with Gasteiger partial charge in [-0.1, -0.05) is 70.5 Å². The Balaban J connectivity index is 1.92. The minimum atomic E-state index is -0.255. The van der Waals surface area contributed by atoms with Crippen LogP contribution in [0.2, 0.25) is 0 Å². The van der Waals surface area contributed by atoms with Crippen molar-refractivity contribution in [2.24, 2.45) is 0 Å². The largest absolute Gasteiger partial charge is 0.494 e. The molecule has 0 aliphatic carbocycles. The van der Waals surface area contributed by atoms with Gasteiger partial charge in [0.2, 0.25) is 0 Å². The Kier molecular flexibility index (Phi) is 6.08. The average Bonchev–Trinajstić information content (AvgIpc) is 2.68. The predicted molar refractivity (Wildman–Crippen MR) is 108 cm³/mol. The molecule has 1 amide bonds. The molecule has 0 bridgehead atoms. The van der Waals surface area contributed by atoms with Gasteiger partial charge in [-0.2, -0.15) is 0 Å². The van der Waals surface area contributed by atoms with Gasteiger partial charge in [0.05, 0.1) is 12.6 Å². The molecule has 3 rings (SSSR count). The molecule has 0 aliphatic rings. The van der Waals surface area contributed by atoms with Gasteiger partial charge >= 0.3 is 0 Å². The highest BCUT2D eigenvalue weighted by atomic mass is 79.9. The van der Waals surface area contributed by atoms with Gasteiger partial charge < -0.3 is 10.1 Å². The maximum absolute atomic E-state index is 12.9. The molecule has 0 saturated heterocycles. The molecule has 0 saturated carbocycles. The summed E-state index contributed by atoms with van der Waals surface area (Å²) in [5.41, 5.74) is 2.60. The van der Waals surface area contributed by atoms with E-state index in [-0.39, 0.29) is 11.9 Å². The molecular formula is C22H20BrNO2. The van der Waals surface area contributed by atoms with Crippen molar-refractivity contribution in [1.82, 2.24) is 5.32 Å². The van der Waals surface area contributed by atoms with Crippen molar-refractivity contribution >= 4 is 21.8 Å². The summed E-state index contributed by atoms with van der Waals surface area (Å²) in [6.07, 6.45) is 0. The van der Waals surface area contributed by atoms with Crippen molar-refractivity contribution < 1.29 is 9.53 Å². The van der Waals surface area contributed by atoms with Gasteiger partial charge in [0.15, 0.2) is 0 Å². The Hall–Kier alpha value is -2.59. The van der Waals surface area contributed by atoms with Crippen LogP contribution in [-0.2, 0) is 0 Å². The fourth-order valence-corrected chi connectivity index (χ4v) is 3.32. The predicted octanol–water partition coefficient (Wildman–Crippen LogP) is 5.37. The maximum atomic E-state index is 12.9. The molecule has 0 aliphatic heterocycles. The van der Waals surface area contributed by atoms with E-state index in [2.05, 4.69) is 21.2 Å². The Morgan fingerprint density at radius 3 is 2.46 bits per heavy atom. The highest BCUT2D eigenvalue weighted by Gasteiger charge is 2.20. The molecular weight excluding hydrogens is 390 g/mol. The first kappa shape index (κ1) is 18.2. The summed E-state index contributed by atoms with van der Waals surface area (Å²) in [5.74, 6) is 0.550. The summed E-state index contributed by atoms with van der Waals surface area (Å²) in [5, 5.41) is 3.15. The van der Waals surface area contributed by atoms with Crippen LogP contribution < -0.4 is 10.1 Å². The van der Waals surface area contributed by atoms with E-state index in [1.54, 1.807) is 12.1 Å². The maximum Gasteiger partial charge on any atom is 0.252 e. The Morgan fingerprint density at radius 1 is 1.00 bits per heavy atom. The number of halogens is 1. The lowest BCUT2D eigenvalue weighted by atomic mass is 9.98. The van der Waals surface area contributed by atoms with E-state index < -0.39 is 0 Å². The van der Waals surface area contributed by atoms with Gasteiger partial charge in [0.25, 0.3) is 5.91 Å². The van der Waals surface area contributed by atoms with Crippen molar-refractivity contribution in [3.63, 3.8) is 0 Å². The van der Waals surface area contributed by atoms with Crippen LogP contribution in [0, 0.1) is 0 Å². The van der Waals surface area contributed by atoms with Crippen molar-refractivity contribution in [3.05, 3.63) is 100 Å². The van der Waals surface area contributed by atoms with E-state index in [0.717, 1.165) is 15.6 Å². The third-order valence-electron chi connectivity index (χ3n) is 4.03. The number of rotatable bonds is 6. The van der Waals surface area contributed by atoms with Crippen LogP contribution in [0.25, 0.3) is 0 Å². The van der Waals surface area contributed by atoms with E-state index in [4.69, 9.17) is 4.74 Å². The summed E-state index contributed by atoms with van der Waals surface area (Å²) in [6.45, 7) is 2.49. The van der Waals surface area contributed by atoms with Crippen molar-refractivity contribution in [3.8, 4) is 5.75 Å². The van der Waals surface area contributed by atoms with E-state index in [9.17, 15) is 4.79 Å². The molecule has 3 aromatic rings. The molecule has 3 aromatic carbocycles. The molecule has 0 radical (unpaired) electrons. The zero-order chi connectivity index (χ0) is 18.4. The standard InChI is InChI=1S/C22H20BrNO2/c1-2-26-18-12-8-11-17(15-18)22(25)24-21(16-9-4-3-5-10-16)19-13-6-7-14-20(19)23/h3-15,21H,2H2,1H3,(H,24,25)/t21-/m1/s1. The molecule has 0 spiro atoms. The molecule has 3 nitrogen and oxygen atoms in total. The fourth-order valence-electron chi connectivity index (χ4n) is 2.80. The quantitative estimate of drug-likeness (QED) is 0.594. The number of hydrogen-bond acceptors (Lipinski definition) is 2. The summed E-state index contributed by atoms with van der Waals surface area (Å²) in [7, 11) is 0. The van der Waals surface area contributed by atoms with Gasteiger partial charge in [0.1, 0.15) is 5.75 Å². The minimum absolute atomic E-state index is 0.142. The first-order valence-electron chi connectivity index (χ1n) is 8.52. The topological polar surface area (TPSA) is 38.3 Å². The zero-order valence-electron chi connectivity index (χ0n) is 14.5. The van der Waals surface area contributed by atoms with Crippen LogP contribution >= 0.6 is 15.9 Å². The highest BCUT2D eigenvalue weighted by Crippen LogP contribution is 2.29. The monoisotopic (exact) mass is 409 g/mol. The zero-order valence-corrected chi connectivity index (χ0v) is 16.1. The highest BCUT2D eigenvalue weighted by molar-refractivity contribution is 9.10.